The highest BCUT2D eigenvalue weighted by Gasteiger charge is 2.43. The van der Waals surface area contributed by atoms with Gasteiger partial charge in [0.25, 0.3) is 0 Å². The molecule has 0 spiro atoms. The van der Waals surface area contributed by atoms with Gasteiger partial charge < -0.3 is 10.2 Å². The average molecular weight is 186 g/mol. The summed E-state index contributed by atoms with van der Waals surface area (Å²) in [7, 11) is 0. The van der Waals surface area contributed by atoms with Crippen LogP contribution >= 0.6 is 0 Å². The fourth-order valence-electron chi connectivity index (χ4n) is 2.43. The van der Waals surface area contributed by atoms with Crippen LogP contribution in [0.15, 0.2) is 0 Å². The topological polar surface area (TPSA) is 40.5 Å². The first-order valence-electron chi connectivity index (χ1n) is 5.31. The van der Waals surface area contributed by atoms with E-state index in [9.17, 15) is 10.2 Å². The summed E-state index contributed by atoms with van der Waals surface area (Å²) in [5, 5.41) is 19.6. The molecule has 0 heterocycles. The molecule has 1 aliphatic carbocycles. The summed E-state index contributed by atoms with van der Waals surface area (Å²) in [6.07, 6.45) is -0.0442. The molecule has 0 radical (unpaired) electrons. The first-order valence-corrected chi connectivity index (χ1v) is 5.31. The first-order chi connectivity index (χ1) is 5.95. The lowest BCUT2D eigenvalue weighted by molar-refractivity contribution is -0.0103. The number of hydrogen-bond donors (Lipinski definition) is 2. The summed E-state index contributed by atoms with van der Waals surface area (Å²) in [5.41, 5.74) is 0. The van der Waals surface area contributed by atoms with Crippen molar-refractivity contribution in [1.82, 2.24) is 0 Å². The van der Waals surface area contributed by atoms with Crippen LogP contribution in [0.2, 0.25) is 0 Å². The van der Waals surface area contributed by atoms with E-state index in [-0.39, 0.29) is 11.8 Å². The molecule has 1 aliphatic rings. The molecule has 0 bridgehead atoms. The lowest BCUT2D eigenvalue weighted by Crippen LogP contribution is -2.31. The Labute approximate surface area is 81.0 Å². The van der Waals surface area contributed by atoms with Crippen molar-refractivity contribution >= 4 is 0 Å². The Morgan fingerprint density at radius 1 is 0.846 bits per heavy atom. The van der Waals surface area contributed by atoms with E-state index in [1.807, 2.05) is 0 Å². The second kappa shape index (κ2) is 3.97. The number of hydrogen-bond acceptors (Lipinski definition) is 2. The Morgan fingerprint density at radius 2 is 1.15 bits per heavy atom. The average Bonchev–Trinajstić information content (AvgIpc) is 2.29. The summed E-state index contributed by atoms with van der Waals surface area (Å²) in [6.45, 7) is 8.46. The maximum atomic E-state index is 9.80. The minimum absolute atomic E-state index is 0.280. The predicted octanol–water partition coefficient (Wildman–Crippen LogP) is 1.66. The molecule has 2 N–H and O–H groups in total. The van der Waals surface area contributed by atoms with E-state index in [0.29, 0.717) is 11.8 Å². The second-order valence-corrected chi connectivity index (χ2v) is 5.03. The smallest absolute Gasteiger partial charge is 0.0832 e. The van der Waals surface area contributed by atoms with Gasteiger partial charge in [-0.2, -0.15) is 0 Å². The van der Waals surface area contributed by atoms with Crippen molar-refractivity contribution in [2.45, 2.75) is 46.3 Å². The van der Waals surface area contributed by atoms with Crippen molar-refractivity contribution in [1.29, 1.82) is 0 Å². The van der Waals surface area contributed by atoms with Gasteiger partial charge in [-0.25, -0.2) is 0 Å². The van der Waals surface area contributed by atoms with Gasteiger partial charge in [0.1, 0.15) is 0 Å². The van der Waals surface area contributed by atoms with E-state index in [4.69, 9.17) is 0 Å². The van der Waals surface area contributed by atoms with Crippen LogP contribution in [-0.2, 0) is 0 Å². The predicted molar refractivity (Wildman–Crippen MR) is 53.3 cm³/mol. The highest BCUT2D eigenvalue weighted by Crippen LogP contribution is 2.39. The number of rotatable bonds is 2. The highest BCUT2D eigenvalue weighted by atomic mass is 16.3. The van der Waals surface area contributed by atoms with Crippen LogP contribution in [0.4, 0.5) is 0 Å². The molecule has 0 aromatic heterocycles. The third kappa shape index (κ3) is 2.05. The van der Waals surface area contributed by atoms with Gasteiger partial charge in [-0.05, 0) is 30.1 Å². The molecule has 1 saturated carbocycles. The summed E-state index contributed by atoms with van der Waals surface area (Å²) >= 11 is 0. The Bertz CT molecular complexity index is 147. The van der Waals surface area contributed by atoms with Crippen LogP contribution in [0.1, 0.15) is 34.1 Å². The standard InChI is InChI=1S/C11H22O2/c1-6(2)8-5-9(7(3)4)11(13)10(8)12/h6-13H,5H2,1-4H3/t8-,9+,10-,11+. The molecule has 2 heteroatoms. The van der Waals surface area contributed by atoms with Gasteiger partial charge in [0.15, 0.2) is 0 Å². The molecular weight excluding hydrogens is 164 g/mol. The van der Waals surface area contributed by atoms with E-state index >= 15 is 0 Å². The fraction of sp³-hybridized carbons (Fsp3) is 1.00. The number of aliphatic hydroxyl groups excluding tert-OH is 2. The molecule has 4 atom stereocenters. The summed E-state index contributed by atoms with van der Waals surface area (Å²) in [5.74, 6) is 1.49. The Hall–Kier alpha value is -0.0800. The third-order valence-corrected chi connectivity index (χ3v) is 3.48. The van der Waals surface area contributed by atoms with E-state index in [2.05, 4.69) is 27.7 Å². The van der Waals surface area contributed by atoms with Gasteiger partial charge in [-0.15, -0.1) is 0 Å². The molecule has 0 aliphatic heterocycles. The molecule has 0 amide bonds. The molecule has 78 valence electrons. The van der Waals surface area contributed by atoms with Crippen LogP contribution in [0, 0.1) is 23.7 Å². The second-order valence-electron chi connectivity index (χ2n) is 5.03. The molecule has 0 aromatic carbocycles. The van der Waals surface area contributed by atoms with Crippen molar-refractivity contribution in [2.24, 2.45) is 23.7 Å². The van der Waals surface area contributed by atoms with Crippen molar-refractivity contribution < 1.29 is 10.2 Å². The Kier molecular flexibility index (Phi) is 3.36. The van der Waals surface area contributed by atoms with Gasteiger partial charge in [-0.1, -0.05) is 27.7 Å². The molecule has 13 heavy (non-hydrogen) atoms. The van der Waals surface area contributed by atoms with Gasteiger partial charge in [-0.3, -0.25) is 0 Å². The lowest BCUT2D eigenvalue weighted by atomic mass is 9.89. The van der Waals surface area contributed by atoms with Crippen LogP contribution < -0.4 is 0 Å². The zero-order valence-corrected chi connectivity index (χ0v) is 9.07. The Balaban J connectivity index is 2.66. The molecule has 1 fully saturated rings. The van der Waals surface area contributed by atoms with Gasteiger partial charge in [0, 0.05) is 0 Å². The van der Waals surface area contributed by atoms with Crippen LogP contribution in [0.25, 0.3) is 0 Å². The van der Waals surface area contributed by atoms with Crippen LogP contribution in [0.3, 0.4) is 0 Å². The highest BCUT2D eigenvalue weighted by molar-refractivity contribution is 4.93. The quantitative estimate of drug-likeness (QED) is 0.688. The van der Waals surface area contributed by atoms with Gasteiger partial charge >= 0.3 is 0 Å². The lowest BCUT2D eigenvalue weighted by Gasteiger charge is -2.20. The fourth-order valence-corrected chi connectivity index (χ4v) is 2.43. The van der Waals surface area contributed by atoms with Crippen molar-refractivity contribution in [3.63, 3.8) is 0 Å². The largest absolute Gasteiger partial charge is 0.390 e. The van der Waals surface area contributed by atoms with Crippen molar-refractivity contribution in [3.05, 3.63) is 0 Å². The number of aliphatic hydroxyl groups is 2. The minimum atomic E-state index is -0.507. The summed E-state index contributed by atoms with van der Waals surface area (Å²) in [6, 6.07) is 0. The summed E-state index contributed by atoms with van der Waals surface area (Å²) in [4.78, 5) is 0. The molecule has 0 aromatic rings. The zero-order valence-electron chi connectivity index (χ0n) is 9.07. The Morgan fingerprint density at radius 3 is 1.31 bits per heavy atom. The zero-order chi connectivity index (χ0) is 10.2. The van der Waals surface area contributed by atoms with Gasteiger partial charge in [0.2, 0.25) is 0 Å². The van der Waals surface area contributed by atoms with Crippen LogP contribution in [0.5, 0.6) is 0 Å². The van der Waals surface area contributed by atoms with E-state index < -0.39 is 12.2 Å². The molecule has 0 unspecified atom stereocenters. The minimum Gasteiger partial charge on any atom is -0.390 e. The molecular formula is C11H22O2. The SMILES string of the molecule is CC(C)[C@H]1C[C@@H](C(C)C)[C@H](O)[C@@H]1O. The van der Waals surface area contributed by atoms with E-state index in [1.165, 1.54) is 0 Å². The maximum absolute atomic E-state index is 9.80. The maximum Gasteiger partial charge on any atom is 0.0832 e. The third-order valence-electron chi connectivity index (χ3n) is 3.48. The van der Waals surface area contributed by atoms with E-state index in [1.54, 1.807) is 0 Å². The van der Waals surface area contributed by atoms with Crippen LogP contribution in [-0.4, -0.2) is 22.4 Å². The molecule has 0 saturated heterocycles. The summed E-state index contributed by atoms with van der Waals surface area (Å²) < 4.78 is 0. The molecule has 1 rings (SSSR count). The van der Waals surface area contributed by atoms with E-state index in [0.717, 1.165) is 6.42 Å². The first kappa shape index (κ1) is 11.0. The van der Waals surface area contributed by atoms with Gasteiger partial charge in [0.05, 0.1) is 12.2 Å². The van der Waals surface area contributed by atoms with Crippen molar-refractivity contribution in [2.75, 3.05) is 0 Å². The normalized spacial score (nSPS) is 40.6. The monoisotopic (exact) mass is 186 g/mol. The molecule has 2 nitrogen and oxygen atoms in total. The van der Waals surface area contributed by atoms with Crippen molar-refractivity contribution in [3.8, 4) is 0 Å².